The summed E-state index contributed by atoms with van der Waals surface area (Å²) in [6.07, 6.45) is 0.871. The van der Waals surface area contributed by atoms with Gasteiger partial charge in [0, 0.05) is 17.1 Å². The lowest BCUT2D eigenvalue weighted by Gasteiger charge is -2.42. The fourth-order valence-electron chi connectivity index (χ4n) is 4.40. The Morgan fingerprint density at radius 1 is 0.833 bits per heavy atom. The Morgan fingerprint density at radius 3 is 1.98 bits per heavy atom. The molecule has 1 N–H and O–H groups in total. The standard InChI is InChI=1S/C29H54N2O7Si4/c1-33-31-20-25(36-40(5,6)7)29(38-42(11,12)13)28(26(37-41(8,9)10)21-34-39(2,3)4)35-27(32)18-22-19-30-24-17-15-14-16-23(22)24/h14-17,19-20,25-26,28-30H,18,21H2,1-13H3/b31-20+/t25-,26+,28+,29+/m0/s1. The van der Waals surface area contributed by atoms with E-state index in [9.17, 15) is 4.79 Å². The van der Waals surface area contributed by atoms with Crippen molar-refractivity contribution in [2.24, 2.45) is 5.16 Å². The maximum absolute atomic E-state index is 13.8. The molecule has 0 aliphatic rings. The number of H-pyrrole nitrogens is 1. The van der Waals surface area contributed by atoms with Gasteiger partial charge in [-0.1, -0.05) is 23.4 Å². The van der Waals surface area contributed by atoms with Gasteiger partial charge in [-0.05, 0) is 90.2 Å². The number of fused-ring (bicyclic) bond motifs is 1. The van der Waals surface area contributed by atoms with Gasteiger partial charge in [0.25, 0.3) is 0 Å². The number of para-hydroxylation sites is 1. The third kappa shape index (κ3) is 13.4. The molecule has 42 heavy (non-hydrogen) atoms. The monoisotopic (exact) mass is 654 g/mol. The van der Waals surface area contributed by atoms with Crippen LogP contribution >= 0.6 is 0 Å². The molecule has 0 amide bonds. The second kappa shape index (κ2) is 14.9. The molecule has 0 spiro atoms. The minimum atomic E-state index is -2.21. The van der Waals surface area contributed by atoms with Crippen molar-refractivity contribution in [2.75, 3.05) is 13.7 Å². The van der Waals surface area contributed by atoms with E-state index in [1.54, 1.807) is 6.21 Å². The highest BCUT2D eigenvalue weighted by Gasteiger charge is 2.44. The molecule has 0 bridgehead atoms. The van der Waals surface area contributed by atoms with Gasteiger partial charge in [0.05, 0.1) is 19.2 Å². The number of aromatic nitrogens is 1. The minimum absolute atomic E-state index is 0.0976. The summed E-state index contributed by atoms with van der Waals surface area (Å²) < 4.78 is 33.1. The molecule has 0 saturated heterocycles. The van der Waals surface area contributed by atoms with Gasteiger partial charge < -0.3 is 32.3 Å². The molecule has 0 radical (unpaired) electrons. The molecule has 0 fully saturated rings. The van der Waals surface area contributed by atoms with Gasteiger partial charge in [0.15, 0.2) is 39.4 Å². The largest absolute Gasteiger partial charge is 0.456 e. The van der Waals surface area contributed by atoms with Crippen molar-refractivity contribution in [3.63, 3.8) is 0 Å². The number of nitrogens with zero attached hydrogens (tertiary/aromatic N) is 1. The molecule has 4 atom stereocenters. The number of carbonyl (C=O) groups excluding carboxylic acids is 1. The average Bonchev–Trinajstić information content (AvgIpc) is 3.22. The van der Waals surface area contributed by atoms with E-state index in [-0.39, 0.29) is 19.0 Å². The van der Waals surface area contributed by atoms with Crippen molar-refractivity contribution in [3.05, 3.63) is 36.0 Å². The second-order valence-corrected chi connectivity index (χ2v) is 32.4. The summed E-state index contributed by atoms with van der Waals surface area (Å²) in [6, 6.07) is 7.92. The van der Waals surface area contributed by atoms with E-state index in [1.165, 1.54) is 7.11 Å². The van der Waals surface area contributed by atoms with E-state index in [0.29, 0.717) is 0 Å². The van der Waals surface area contributed by atoms with Crippen LogP contribution in [0.5, 0.6) is 0 Å². The van der Waals surface area contributed by atoms with Crippen molar-refractivity contribution in [1.82, 2.24) is 4.98 Å². The van der Waals surface area contributed by atoms with Crippen LogP contribution in [0.1, 0.15) is 5.56 Å². The first-order chi connectivity index (χ1) is 19.2. The Hall–Kier alpha value is -1.59. The van der Waals surface area contributed by atoms with Gasteiger partial charge in [-0.25, -0.2) is 0 Å². The summed E-state index contributed by atoms with van der Waals surface area (Å²) >= 11 is 0. The maximum Gasteiger partial charge on any atom is 0.310 e. The van der Waals surface area contributed by atoms with Crippen LogP contribution in [0.25, 0.3) is 10.9 Å². The zero-order chi connectivity index (χ0) is 31.9. The van der Waals surface area contributed by atoms with E-state index in [4.69, 9.17) is 27.3 Å². The number of oxime groups is 1. The summed E-state index contributed by atoms with van der Waals surface area (Å²) in [5.41, 5.74) is 1.84. The summed E-state index contributed by atoms with van der Waals surface area (Å²) in [7, 11) is -6.92. The van der Waals surface area contributed by atoms with Crippen molar-refractivity contribution >= 4 is 56.4 Å². The van der Waals surface area contributed by atoms with Crippen LogP contribution in [0.15, 0.2) is 35.6 Å². The van der Waals surface area contributed by atoms with Crippen LogP contribution in [-0.4, -0.2) is 88.6 Å². The summed E-state index contributed by atoms with van der Waals surface area (Å²) in [5, 5.41) is 5.08. The molecule has 0 unspecified atom stereocenters. The second-order valence-electron chi connectivity index (χ2n) is 14.5. The number of esters is 1. The van der Waals surface area contributed by atoms with E-state index in [0.717, 1.165) is 16.5 Å². The molecule has 2 aromatic rings. The normalized spacial score (nSPS) is 16.4. The number of aromatic amines is 1. The summed E-state index contributed by atoms with van der Waals surface area (Å²) in [6.45, 7) is 25.7. The van der Waals surface area contributed by atoms with Gasteiger partial charge >= 0.3 is 5.97 Å². The van der Waals surface area contributed by atoms with E-state index in [2.05, 4.69) is 88.7 Å². The Labute approximate surface area is 257 Å². The first-order valence-corrected chi connectivity index (χ1v) is 28.3. The zero-order valence-corrected chi connectivity index (χ0v) is 32.0. The Balaban J connectivity index is 2.63. The Kier molecular flexibility index (Phi) is 13.0. The highest BCUT2D eigenvalue weighted by atomic mass is 28.4. The number of carbonyl (C=O) groups is 1. The lowest BCUT2D eigenvalue weighted by molar-refractivity contribution is -0.166. The number of benzene rings is 1. The van der Waals surface area contributed by atoms with Gasteiger partial charge in [-0.15, -0.1) is 0 Å². The lowest BCUT2D eigenvalue weighted by atomic mass is 10.0. The Morgan fingerprint density at radius 2 is 1.43 bits per heavy atom. The Bertz CT molecular complexity index is 1160. The average molecular weight is 655 g/mol. The predicted molar refractivity (Wildman–Crippen MR) is 181 cm³/mol. The number of ether oxygens (including phenoxy) is 1. The van der Waals surface area contributed by atoms with Crippen LogP contribution in [0.3, 0.4) is 0 Å². The van der Waals surface area contributed by atoms with E-state index >= 15 is 0 Å². The van der Waals surface area contributed by atoms with Crippen LogP contribution in [0.4, 0.5) is 0 Å². The van der Waals surface area contributed by atoms with Crippen molar-refractivity contribution in [2.45, 2.75) is 109 Å². The summed E-state index contributed by atoms with van der Waals surface area (Å²) in [4.78, 5) is 22.1. The van der Waals surface area contributed by atoms with Gasteiger partial charge in [0.2, 0.25) is 0 Å². The quantitative estimate of drug-likeness (QED) is 0.0870. The van der Waals surface area contributed by atoms with Crippen LogP contribution in [0.2, 0.25) is 78.6 Å². The fourth-order valence-corrected chi connectivity index (χ4v) is 8.28. The predicted octanol–water partition coefficient (Wildman–Crippen LogP) is 6.77. The number of hydrogen-bond acceptors (Lipinski definition) is 8. The van der Waals surface area contributed by atoms with Crippen molar-refractivity contribution in [1.29, 1.82) is 0 Å². The van der Waals surface area contributed by atoms with Gasteiger partial charge in [-0.3, -0.25) is 4.79 Å². The number of nitrogens with one attached hydrogen (secondary N) is 1. The van der Waals surface area contributed by atoms with Crippen LogP contribution in [-0.2, 0) is 38.5 Å². The van der Waals surface area contributed by atoms with E-state index < -0.39 is 57.7 Å². The first-order valence-electron chi connectivity index (χ1n) is 14.7. The summed E-state index contributed by atoms with van der Waals surface area (Å²) in [5.74, 6) is -0.374. The van der Waals surface area contributed by atoms with Gasteiger partial charge in [-0.2, -0.15) is 0 Å². The molecule has 0 aliphatic carbocycles. The topological polar surface area (TPSA) is 101 Å². The smallest absolute Gasteiger partial charge is 0.310 e. The molecular formula is C29H54N2O7Si4. The van der Waals surface area contributed by atoms with Crippen LogP contribution in [0, 0.1) is 0 Å². The zero-order valence-electron chi connectivity index (χ0n) is 28.0. The molecule has 13 heteroatoms. The molecule has 238 valence electrons. The minimum Gasteiger partial charge on any atom is -0.456 e. The van der Waals surface area contributed by atoms with Crippen molar-refractivity contribution < 1.29 is 32.1 Å². The fraction of sp³-hybridized carbons (Fsp3) is 0.655. The molecule has 1 aromatic carbocycles. The molecule has 1 heterocycles. The lowest BCUT2D eigenvalue weighted by Crippen LogP contribution is -2.58. The molecule has 1 aromatic heterocycles. The van der Waals surface area contributed by atoms with Crippen molar-refractivity contribution in [3.8, 4) is 0 Å². The third-order valence-corrected chi connectivity index (χ3v) is 9.77. The molecule has 0 saturated carbocycles. The maximum atomic E-state index is 13.8. The highest BCUT2D eigenvalue weighted by Crippen LogP contribution is 2.27. The number of hydrogen-bond donors (Lipinski definition) is 1. The molecule has 0 aliphatic heterocycles. The first kappa shape index (κ1) is 36.6. The molecule has 9 nitrogen and oxygen atoms in total. The number of rotatable bonds is 17. The molecular weight excluding hydrogens is 601 g/mol. The highest BCUT2D eigenvalue weighted by molar-refractivity contribution is 6.71. The molecule has 2 rings (SSSR count). The van der Waals surface area contributed by atoms with E-state index in [1.807, 2.05) is 30.5 Å². The van der Waals surface area contributed by atoms with Crippen LogP contribution < -0.4 is 0 Å². The SMILES string of the molecule is CO/N=C/[C@H](O[Si](C)(C)C)[C@@H](O[Si](C)(C)C)[C@H](OC(=O)Cc1c[nH]c2ccccc12)[C@@H](CO[Si](C)(C)C)O[Si](C)(C)C. The van der Waals surface area contributed by atoms with Gasteiger partial charge in [0.1, 0.15) is 25.4 Å². The third-order valence-electron chi connectivity index (χ3n) is 5.77.